The summed E-state index contributed by atoms with van der Waals surface area (Å²) in [6.07, 6.45) is 4.04. The number of benzene rings is 1. The molecule has 2 saturated heterocycles. The van der Waals surface area contributed by atoms with Crippen LogP contribution in [0.1, 0.15) is 37.3 Å². The van der Waals surface area contributed by atoms with E-state index < -0.39 is 5.41 Å². The van der Waals surface area contributed by atoms with E-state index in [0.29, 0.717) is 13.2 Å². The summed E-state index contributed by atoms with van der Waals surface area (Å²) in [5.74, 6) is 1.00. The van der Waals surface area contributed by atoms with Crippen molar-refractivity contribution in [3.8, 4) is 5.75 Å². The van der Waals surface area contributed by atoms with E-state index >= 15 is 0 Å². The molecule has 0 aromatic heterocycles. The molecule has 3 rings (SSSR count). The summed E-state index contributed by atoms with van der Waals surface area (Å²) in [5, 5.41) is 6.60. The lowest BCUT2D eigenvalue weighted by atomic mass is 9.78. The first-order chi connectivity index (χ1) is 13.2. The second-order valence-electron chi connectivity index (χ2n) is 7.67. The Morgan fingerprint density at radius 2 is 1.83 bits per heavy atom. The highest BCUT2D eigenvalue weighted by Gasteiger charge is 2.40. The van der Waals surface area contributed by atoms with Crippen LogP contribution < -0.4 is 15.4 Å². The van der Waals surface area contributed by atoms with Gasteiger partial charge in [-0.3, -0.25) is 9.69 Å². The molecule has 1 aromatic carbocycles. The molecule has 29 heavy (non-hydrogen) atoms. The maximum Gasteiger partial charge on any atom is 0.228 e. The van der Waals surface area contributed by atoms with Gasteiger partial charge in [0.2, 0.25) is 5.91 Å². The molecule has 0 bridgehead atoms. The van der Waals surface area contributed by atoms with Crippen LogP contribution in [0.15, 0.2) is 24.3 Å². The van der Waals surface area contributed by atoms with Crippen molar-refractivity contribution in [1.29, 1.82) is 0 Å². The Kier molecular flexibility index (Phi) is 11.3. The number of piperidine rings is 1. The van der Waals surface area contributed by atoms with Crippen molar-refractivity contribution < 1.29 is 14.3 Å². The molecule has 1 atom stereocenters. The smallest absolute Gasteiger partial charge is 0.228 e. The first-order valence-corrected chi connectivity index (χ1v) is 10.0. The second-order valence-corrected chi connectivity index (χ2v) is 7.67. The SMILES string of the molecule is COCC1(C(=O)NCC(c2ccccc2OC)N2CCCC2)CCNCC1.Cl.Cl. The predicted octanol–water partition coefficient (Wildman–Crippen LogP) is 2.81. The number of likely N-dealkylation sites (tertiary alicyclic amines) is 1. The standard InChI is InChI=1S/C21H33N3O3.2ClH/c1-26-16-21(9-11-22-12-10-21)20(25)23-15-18(24-13-5-6-14-24)17-7-3-4-8-19(17)27-2;;/h3-4,7-8,18,22H,5-6,9-16H2,1-2H3,(H,23,25);2*1H. The summed E-state index contributed by atoms with van der Waals surface area (Å²) in [4.78, 5) is 15.6. The van der Waals surface area contributed by atoms with E-state index in [-0.39, 0.29) is 36.8 Å². The maximum atomic E-state index is 13.1. The number of carbonyl (C=O) groups excluding carboxylic acids is 1. The molecule has 8 heteroatoms. The summed E-state index contributed by atoms with van der Waals surface area (Å²) >= 11 is 0. The fourth-order valence-electron chi connectivity index (χ4n) is 4.43. The Morgan fingerprint density at radius 1 is 1.17 bits per heavy atom. The highest BCUT2D eigenvalue weighted by atomic mass is 35.5. The van der Waals surface area contributed by atoms with Gasteiger partial charge in [0.25, 0.3) is 0 Å². The Morgan fingerprint density at radius 3 is 2.45 bits per heavy atom. The highest BCUT2D eigenvalue weighted by Crippen LogP contribution is 2.33. The number of halogens is 2. The predicted molar refractivity (Wildman–Crippen MR) is 120 cm³/mol. The summed E-state index contributed by atoms with van der Waals surface area (Å²) in [6, 6.07) is 8.28. The van der Waals surface area contributed by atoms with Gasteiger partial charge in [0.1, 0.15) is 5.75 Å². The van der Waals surface area contributed by atoms with Crippen molar-refractivity contribution in [2.45, 2.75) is 31.7 Å². The van der Waals surface area contributed by atoms with Gasteiger partial charge in [-0.05, 0) is 57.9 Å². The number of rotatable bonds is 8. The third-order valence-electron chi connectivity index (χ3n) is 6.00. The minimum Gasteiger partial charge on any atom is -0.496 e. The first kappa shape index (κ1) is 26.0. The van der Waals surface area contributed by atoms with Crippen molar-refractivity contribution in [3.63, 3.8) is 0 Å². The van der Waals surface area contributed by atoms with Crippen molar-refractivity contribution in [2.24, 2.45) is 5.41 Å². The number of hydrogen-bond acceptors (Lipinski definition) is 5. The molecule has 6 nitrogen and oxygen atoms in total. The fourth-order valence-corrected chi connectivity index (χ4v) is 4.43. The van der Waals surface area contributed by atoms with Crippen LogP contribution in [0.5, 0.6) is 5.75 Å². The molecule has 2 fully saturated rings. The lowest BCUT2D eigenvalue weighted by molar-refractivity contribution is -0.136. The van der Waals surface area contributed by atoms with Crippen molar-refractivity contribution in [1.82, 2.24) is 15.5 Å². The molecule has 166 valence electrons. The largest absolute Gasteiger partial charge is 0.496 e. The van der Waals surface area contributed by atoms with Gasteiger partial charge in [0.05, 0.1) is 25.2 Å². The third kappa shape index (κ3) is 6.22. The van der Waals surface area contributed by atoms with Gasteiger partial charge in [0.15, 0.2) is 0 Å². The molecule has 2 heterocycles. The number of methoxy groups -OCH3 is 2. The van der Waals surface area contributed by atoms with Crippen molar-refractivity contribution in [3.05, 3.63) is 29.8 Å². The third-order valence-corrected chi connectivity index (χ3v) is 6.00. The number of amides is 1. The molecule has 0 saturated carbocycles. The second kappa shape index (κ2) is 12.6. The minimum absolute atomic E-state index is 0. The van der Waals surface area contributed by atoms with Gasteiger partial charge in [-0.1, -0.05) is 18.2 Å². The van der Waals surface area contributed by atoms with Gasteiger partial charge in [-0.15, -0.1) is 24.8 Å². The monoisotopic (exact) mass is 447 g/mol. The fraction of sp³-hybridized carbons (Fsp3) is 0.667. The van der Waals surface area contributed by atoms with E-state index in [1.807, 2.05) is 18.2 Å². The van der Waals surface area contributed by atoms with Crippen LogP contribution in [0, 0.1) is 5.41 Å². The zero-order chi connectivity index (χ0) is 19.1. The van der Waals surface area contributed by atoms with Crippen LogP contribution in [0.4, 0.5) is 0 Å². The van der Waals surface area contributed by atoms with Gasteiger partial charge in [-0.2, -0.15) is 0 Å². The molecule has 1 aromatic rings. The van der Waals surface area contributed by atoms with E-state index in [4.69, 9.17) is 9.47 Å². The number of ether oxygens (including phenoxy) is 2. The Balaban J connectivity index is 0.00000210. The number of nitrogens with one attached hydrogen (secondary N) is 2. The van der Waals surface area contributed by atoms with Crippen LogP contribution in [0.2, 0.25) is 0 Å². The lowest BCUT2D eigenvalue weighted by Crippen LogP contribution is -2.51. The summed E-state index contributed by atoms with van der Waals surface area (Å²) < 4.78 is 11.0. The minimum atomic E-state index is -0.420. The van der Waals surface area contributed by atoms with Crippen LogP contribution in [-0.2, 0) is 9.53 Å². The van der Waals surface area contributed by atoms with Crippen LogP contribution >= 0.6 is 24.8 Å². The zero-order valence-electron chi connectivity index (χ0n) is 17.4. The van der Waals surface area contributed by atoms with E-state index in [2.05, 4.69) is 21.6 Å². The van der Waals surface area contributed by atoms with Gasteiger partial charge in [-0.25, -0.2) is 0 Å². The molecule has 0 radical (unpaired) electrons. The Labute approximate surface area is 186 Å². The van der Waals surface area contributed by atoms with Gasteiger partial charge >= 0.3 is 0 Å². The zero-order valence-corrected chi connectivity index (χ0v) is 19.1. The molecule has 2 aliphatic rings. The van der Waals surface area contributed by atoms with E-state index in [9.17, 15) is 4.79 Å². The van der Waals surface area contributed by atoms with Crippen molar-refractivity contribution in [2.75, 3.05) is 53.6 Å². The average Bonchev–Trinajstić information content (AvgIpc) is 3.24. The van der Waals surface area contributed by atoms with Crippen molar-refractivity contribution >= 4 is 30.7 Å². The summed E-state index contributed by atoms with van der Waals surface area (Å²) in [5.41, 5.74) is 0.726. The number of nitrogens with zero attached hydrogens (tertiary/aromatic N) is 1. The number of para-hydroxylation sites is 1. The van der Waals surface area contributed by atoms with Crippen LogP contribution in [0.25, 0.3) is 0 Å². The molecule has 1 unspecified atom stereocenters. The summed E-state index contributed by atoms with van der Waals surface area (Å²) in [6.45, 7) is 4.91. The number of carbonyl (C=O) groups is 1. The molecule has 0 aliphatic carbocycles. The molecule has 2 N–H and O–H groups in total. The van der Waals surface area contributed by atoms with Crippen LogP contribution in [-0.4, -0.2) is 64.4 Å². The topological polar surface area (TPSA) is 62.8 Å². The molecule has 0 spiro atoms. The summed E-state index contributed by atoms with van der Waals surface area (Å²) in [7, 11) is 3.39. The number of hydrogen-bond donors (Lipinski definition) is 2. The first-order valence-electron chi connectivity index (χ1n) is 10.0. The molecule has 2 aliphatic heterocycles. The normalized spacial score (nSPS) is 19.5. The average molecular weight is 448 g/mol. The van der Waals surface area contributed by atoms with Crippen LogP contribution in [0.3, 0.4) is 0 Å². The maximum absolute atomic E-state index is 13.1. The van der Waals surface area contributed by atoms with Gasteiger partial charge in [0, 0.05) is 19.2 Å². The lowest BCUT2D eigenvalue weighted by Gasteiger charge is -2.37. The molecular formula is C21H35Cl2N3O3. The van der Waals surface area contributed by atoms with E-state index in [0.717, 1.165) is 50.3 Å². The Bertz CT molecular complexity index is 615. The molecular weight excluding hydrogens is 413 g/mol. The highest BCUT2D eigenvalue weighted by molar-refractivity contribution is 5.85. The Hall–Kier alpha value is -1.05. The van der Waals surface area contributed by atoms with E-state index in [1.54, 1.807) is 14.2 Å². The van der Waals surface area contributed by atoms with E-state index in [1.165, 1.54) is 12.8 Å². The van der Waals surface area contributed by atoms with Gasteiger partial charge < -0.3 is 20.1 Å². The molecule has 1 amide bonds. The quantitative estimate of drug-likeness (QED) is 0.641.